The molecule has 14 heavy (non-hydrogen) atoms. The van der Waals surface area contributed by atoms with E-state index in [0.717, 1.165) is 11.1 Å². The topological polar surface area (TPSA) is 41.8 Å². The Bertz CT molecular complexity index is 434. The van der Waals surface area contributed by atoms with Crippen molar-refractivity contribution in [2.75, 3.05) is 0 Å². The van der Waals surface area contributed by atoms with Gasteiger partial charge in [0.05, 0.1) is 0 Å². The molecular weight excluding hydrogens is 196 g/mol. The number of fused-ring (bicyclic) bond motifs is 1. The van der Waals surface area contributed by atoms with E-state index >= 15 is 0 Å². The third-order valence-electron chi connectivity index (χ3n) is 2.24. The number of H-pyrrole nitrogens is 1. The molecule has 2 nitrogen and oxygen atoms in total. The maximum Gasteiger partial charge on any atom is 0.0485 e. The van der Waals surface area contributed by atoms with E-state index in [2.05, 4.69) is 11.6 Å². The number of nitrogens with two attached hydrogens (primary N) is 1. The molecule has 1 aromatic carbocycles. The van der Waals surface area contributed by atoms with Gasteiger partial charge >= 0.3 is 0 Å². The Hall–Kier alpha value is -1.25. The zero-order valence-electron chi connectivity index (χ0n) is 7.73. The van der Waals surface area contributed by atoms with Crippen LogP contribution >= 0.6 is 12.4 Å². The molecule has 0 bridgehead atoms. The molecule has 0 amide bonds. The van der Waals surface area contributed by atoms with E-state index in [9.17, 15) is 0 Å². The number of hydrogen-bond acceptors (Lipinski definition) is 1. The number of hydrogen-bond donors (Lipinski definition) is 2. The summed E-state index contributed by atoms with van der Waals surface area (Å²) in [6.07, 6.45) is 3.67. The van der Waals surface area contributed by atoms with Crippen molar-refractivity contribution in [3.63, 3.8) is 0 Å². The van der Waals surface area contributed by atoms with Crippen molar-refractivity contribution in [2.45, 2.75) is 6.04 Å². The van der Waals surface area contributed by atoms with Crippen LogP contribution in [0.3, 0.4) is 0 Å². The van der Waals surface area contributed by atoms with Gasteiger partial charge in [0.25, 0.3) is 0 Å². The molecule has 0 saturated heterocycles. The van der Waals surface area contributed by atoms with Crippen molar-refractivity contribution in [1.29, 1.82) is 0 Å². The maximum atomic E-state index is 5.89. The quantitative estimate of drug-likeness (QED) is 0.733. The Morgan fingerprint density at radius 2 is 2.14 bits per heavy atom. The standard InChI is InChI=1S/C11H12N2.ClH/c1-2-10(12)8-4-3-5-11-9(8)6-7-13-11;/h2-7,10,13H,1,12H2;1H/t10-;/m1./s1. The molecule has 0 saturated carbocycles. The van der Waals surface area contributed by atoms with Crippen LogP contribution < -0.4 is 5.73 Å². The molecule has 0 radical (unpaired) electrons. The molecule has 0 aliphatic heterocycles. The summed E-state index contributed by atoms with van der Waals surface area (Å²) in [7, 11) is 0. The van der Waals surface area contributed by atoms with Crippen molar-refractivity contribution >= 4 is 23.3 Å². The average Bonchev–Trinajstić information content (AvgIpc) is 2.63. The van der Waals surface area contributed by atoms with Crippen LogP contribution in [0.5, 0.6) is 0 Å². The first kappa shape index (κ1) is 10.8. The van der Waals surface area contributed by atoms with Crippen molar-refractivity contribution in [3.05, 3.63) is 48.7 Å². The van der Waals surface area contributed by atoms with Gasteiger partial charge in [0.1, 0.15) is 0 Å². The molecule has 0 fully saturated rings. The van der Waals surface area contributed by atoms with Gasteiger partial charge in [-0.05, 0) is 17.7 Å². The molecule has 2 aromatic rings. The summed E-state index contributed by atoms with van der Waals surface area (Å²) in [5, 5.41) is 1.18. The third kappa shape index (κ3) is 1.67. The highest BCUT2D eigenvalue weighted by atomic mass is 35.5. The van der Waals surface area contributed by atoms with Crippen molar-refractivity contribution in [1.82, 2.24) is 4.98 Å². The summed E-state index contributed by atoms with van der Waals surface area (Å²) < 4.78 is 0. The minimum Gasteiger partial charge on any atom is -0.361 e. The van der Waals surface area contributed by atoms with Crippen LogP contribution in [0.2, 0.25) is 0 Å². The van der Waals surface area contributed by atoms with Crippen LogP contribution in [0.25, 0.3) is 10.9 Å². The predicted octanol–water partition coefficient (Wildman–Crippen LogP) is 2.78. The lowest BCUT2D eigenvalue weighted by atomic mass is 10.0. The summed E-state index contributed by atoms with van der Waals surface area (Å²) in [6.45, 7) is 3.69. The van der Waals surface area contributed by atoms with Crippen LogP contribution in [0.1, 0.15) is 11.6 Å². The normalized spacial score (nSPS) is 12.1. The Balaban J connectivity index is 0.000000980. The summed E-state index contributed by atoms with van der Waals surface area (Å²) in [5.41, 5.74) is 8.13. The van der Waals surface area contributed by atoms with Gasteiger partial charge in [-0.2, -0.15) is 0 Å². The highest BCUT2D eigenvalue weighted by molar-refractivity contribution is 5.85. The number of rotatable bonds is 2. The van der Waals surface area contributed by atoms with E-state index in [1.54, 1.807) is 6.08 Å². The second-order valence-corrected chi connectivity index (χ2v) is 3.05. The Kier molecular flexibility index (Phi) is 3.33. The lowest BCUT2D eigenvalue weighted by Gasteiger charge is -2.07. The zero-order valence-corrected chi connectivity index (χ0v) is 8.55. The van der Waals surface area contributed by atoms with Crippen LogP contribution in [0, 0.1) is 0 Å². The van der Waals surface area contributed by atoms with E-state index in [-0.39, 0.29) is 18.4 Å². The molecule has 1 aromatic heterocycles. The number of aromatic nitrogens is 1. The Labute approximate surface area is 89.2 Å². The van der Waals surface area contributed by atoms with Gasteiger partial charge in [-0.1, -0.05) is 18.2 Å². The largest absolute Gasteiger partial charge is 0.361 e. The van der Waals surface area contributed by atoms with E-state index in [1.165, 1.54) is 5.39 Å². The molecule has 3 heteroatoms. The number of aromatic amines is 1. The molecule has 0 spiro atoms. The zero-order chi connectivity index (χ0) is 9.26. The molecule has 0 unspecified atom stereocenters. The van der Waals surface area contributed by atoms with Gasteiger partial charge in [0.2, 0.25) is 0 Å². The molecule has 1 heterocycles. The van der Waals surface area contributed by atoms with Gasteiger partial charge in [0, 0.05) is 23.1 Å². The smallest absolute Gasteiger partial charge is 0.0485 e. The summed E-state index contributed by atoms with van der Waals surface area (Å²) >= 11 is 0. The number of benzene rings is 1. The highest BCUT2D eigenvalue weighted by Gasteiger charge is 2.05. The maximum absolute atomic E-state index is 5.89. The summed E-state index contributed by atoms with van der Waals surface area (Å²) in [4.78, 5) is 3.15. The van der Waals surface area contributed by atoms with Crippen LogP contribution in [0.4, 0.5) is 0 Å². The summed E-state index contributed by atoms with van der Waals surface area (Å²) in [6, 6.07) is 8.02. The highest BCUT2D eigenvalue weighted by Crippen LogP contribution is 2.22. The second-order valence-electron chi connectivity index (χ2n) is 3.05. The second kappa shape index (κ2) is 4.31. The van der Waals surface area contributed by atoms with Gasteiger partial charge in [0.15, 0.2) is 0 Å². The van der Waals surface area contributed by atoms with Gasteiger partial charge in [-0.25, -0.2) is 0 Å². The van der Waals surface area contributed by atoms with Crippen molar-refractivity contribution in [3.8, 4) is 0 Å². The molecular formula is C11H13ClN2. The SMILES string of the molecule is C=C[C@@H](N)c1cccc2[nH]ccc12.Cl. The monoisotopic (exact) mass is 208 g/mol. The Morgan fingerprint density at radius 1 is 1.36 bits per heavy atom. The van der Waals surface area contributed by atoms with Gasteiger partial charge in [-0.15, -0.1) is 19.0 Å². The molecule has 0 aliphatic rings. The first-order valence-corrected chi connectivity index (χ1v) is 4.27. The fourth-order valence-electron chi connectivity index (χ4n) is 1.53. The lowest BCUT2D eigenvalue weighted by molar-refractivity contribution is 0.925. The van der Waals surface area contributed by atoms with Gasteiger partial charge < -0.3 is 10.7 Å². The predicted molar refractivity (Wildman–Crippen MR) is 62.7 cm³/mol. The van der Waals surface area contributed by atoms with Crippen LogP contribution in [-0.2, 0) is 0 Å². The average molecular weight is 209 g/mol. The van der Waals surface area contributed by atoms with Crippen LogP contribution in [-0.4, -0.2) is 4.98 Å². The van der Waals surface area contributed by atoms with Crippen molar-refractivity contribution in [2.24, 2.45) is 5.73 Å². The molecule has 74 valence electrons. The Morgan fingerprint density at radius 3 is 2.86 bits per heavy atom. The van der Waals surface area contributed by atoms with Gasteiger partial charge in [-0.3, -0.25) is 0 Å². The van der Waals surface area contributed by atoms with E-state index in [4.69, 9.17) is 5.73 Å². The van der Waals surface area contributed by atoms with E-state index in [0.29, 0.717) is 0 Å². The fourth-order valence-corrected chi connectivity index (χ4v) is 1.53. The molecule has 0 aliphatic carbocycles. The number of halogens is 1. The van der Waals surface area contributed by atoms with E-state index in [1.807, 2.05) is 30.5 Å². The lowest BCUT2D eigenvalue weighted by Crippen LogP contribution is -2.06. The first-order chi connectivity index (χ1) is 6.33. The van der Waals surface area contributed by atoms with Crippen LogP contribution in [0.15, 0.2) is 43.1 Å². The minimum atomic E-state index is -0.0838. The molecule has 2 rings (SSSR count). The first-order valence-electron chi connectivity index (χ1n) is 4.27. The number of nitrogens with one attached hydrogen (secondary N) is 1. The van der Waals surface area contributed by atoms with Crippen molar-refractivity contribution < 1.29 is 0 Å². The van der Waals surface area contributed by atoms with E-state index < -0.39 is 0 Å². The third-order valence-corrected chi connectivity index (χ3v) is 2.24. The molecule has 1 atom stereocenters. The summed E-state index contributed by atoms with van der Waals surface area (Å²) in [5.74, 6) is 0. The molecule has 3 N–H and O–H groups in total. The minimum absolute atomic E-state index is 0. The fraction of sp³-hybridized carbons (Fsp3) is 0.0909.